The molecule has 2 bridgehead atoms. The minimum atomic E-state index is -1.14. The van der Waals surface area contributed by atoms with Crippen molar-refractivity contribution < 1.29 is 4.21 Å². The van der Waals surface area contributed by atoms with E-state index in [1.54, 1.807) is 0 Å². The molecule has 0 saturated carbocycles. The van der Waals surface area contributed by atoms with Gasteiger partial charge in [-0.05, 0) is 61.2 Å². The lowest BCUT2D eigenvalue weighted by Gasteiger charge is -2.23. The number of aromatic nitrogens is 1. The minimum Gasteiger partial charge on any atom is -0.347 e. The highest BCUT2D eigenvalue weighted by atomic mass is 32.2. The van der Waals surface area contributed by atoms with Crippen LogP contribution in [0.5, 0.6) is 0 Å². The number of hydrogen-bond acceptors (Lipinski definition) is 2. The summed E-state index contributed by atoms with van der Waals surface area (Å²) in [5.41, 5.74) is 5.30. The Morgan fingerprint density at radius 2 is 1.96 bits per heavy atom. The number of rotatable bonds is 2. The minimum absolute atomic E-state index is 0.458. The van der Waals surface area contributed by atoms with Gasteiger partial charge in [0.2, 0.25) is 0 Å². The maximum absolute atomic E-state index is 13.1. The van der Waals surface area contributed by atoms with Crippen LogP contribution >= 0.6 is 0 Å². The van der Waals surface area contributed by atoms with Gasteiger partial charge < -0.3 is 9.88 Å². The molecule has 3 aromatic rings. The molecule has 1 aromatic heterocycles. The second-order valence-electron chi connectivity index (χ2n) is 7.38. The van der Waals surface area contributed by atoms with E-state index in [-0.39, 0.29) is 0 Å². The second-order valence-corrected chi connectivity index (χ2v) is 8.86. The summed E-state index contributed by atoms with van der Waals surface area (Å²) in [5.74, 6) is 0. The van der Waals surface area contributed by atoms with Crippen molar-refractivity contribution in [3.8, 4) is 0 Å². The highest BCUT2D eigenvalue weighted by molar-refractivity contribution is 7.85. The van der Waals surface area contributed by atoms with Crippen LogP contribution in [-0.4, -0.2) is 14.8 Å². The van der Waals surface area contributed by atoms with Crippen LogP contribution in [-0.2, 0) is 24.3 Å². The first kappa shape index (κ1) is 15.4. The quantitative estimate of drug-likeness (QED) is 0.758. The van der Waals surface area contributed by atoms with E-state index in [0.717, 1.165) is 21.8 Å². The molecule has 0 radical (unpaired) electrons. The van der Waals surface area contributed by atoms with Gasteiger partial charge in [-0.15, -0.1) is 0 Å². The Morgan fingerprint density at radius 1 is 1.12 bits per heavy atom. The molecule has 3 nitrogen and oxygen atoms in total. The number of benzene rings is 2. The standard InChI is InChI=1S/C21H22N2OS/c1-13-4-3-5-15(10-13)25(24)16-7-9-19-17(12-16)21-18-8-6-14(22-18)11-20(21)23(19)2/h3-5,7,9-10,12,14,18,22H,6,8,11H2,1-2H3. The lowest BCUT2D eigenvalue weighted by molar-refractivity contribution is 0.503. The normalized spacial score (nSPS) is 23.0. The summed E-state index contributed by atoms with van der Waals surface area (Å²) in [7, 11) is 1.03. The van der Waals surface area contributed by atoms with Gasteiger partial charge >= 0.3 is 0 Å². The van der Waals surface area contributed by atoms with E-state index in [4.69, 9.17) is 0 Å². The number of nitrogens with zero attached hydrogens (tertiary/aromatic N) is 1. The third-order valence-electron chi connectivity index (χ3n) is 5.78. The summed E-state index contributed by atoms with van der Waals surface area (Å²) in [5, 5.41) is 5.02. The zero-order chi connectivity index (χ0) is 17.1. The SMILES string of the molecule is Cc1cccc(S(=O)c2ccc3c(c2)c2c(n3C)CC3CCC2N3)c1. The molecule has 1 fully saturated rings. The summed E-state index contributed by atoms with van der Waals surface area (Å²) in [6.45, 7) is 2.04. The molecule has 4 heteroatoms. The van der Waals surface area contributed by atoms with Crippen LogP contribution in [0.4, 0.5) is 0 Å². The molecular formula is C21H22N2OS. The molecule has 1 saturated heterocycles. The van der Waals surface area contributed by atoms with Gasteiger partial charge in [0.1, 0.15) is 0 Å². The van der Waals surface area contributed by atoms with Gasteiger partial charge in [0.05, 0.1) is 10.8 Å². The number of nitrogens with one attached hydrogen (secondary N) is 1. The summed E-state index contributed by atoms with van der Waals surface area (Å²) in [4.78, 5) is 1.77. The van der Waals surface area contributed by atoms with Gasteiger partial charge in [-0.3, -0.25) is 0 Å². The van der Waals surface area contributed by atoms with Crippen LogP contribution < -0.4 is 5.32 Å². The molecule has 0 spiro atoms. The summed E-state index contributed by atoms with van der Waals surface area (Å²) >= 11 is 0. The van der Waals surface area contributed by atoms with Crippen molar-refractivity contribution in [2.45, 2.75) is 48.1 Å². The van der Waals surface area contributed by atoms with Gasteiger partial charge in [0.25, 0.3) is 0 Å². The zero-order valence-electron chi connectivity index (χ0n) is 14.6. The summed E-state index contributed by atoms with van der Waals surface area (Å²) in [6.07, 6.45) is 3.57. The molecule has 2 aromatic carbocycles. The average molecular weight is 350 g/mol. The van der Waals surface area contributed by atoms with Crippen molar-refractivity contribution in [1.29, 1.82) is 0 Å². The number of fused-ring (bicyclic) bond motifs is 6. The molecule has 2 aliphatic heterocycles. The topological polar surface area (TPSA) is 34.0 Å². The Balaban J connectivity index is 1.66. The fourth-order valence-electron chi connectivity index (χ4n) is 4.56. The molecule has 3 atom stereocenters. The van der Waals surface area contributed by atoms with Crippen molar-refractivity contribution >= 4 is 21.7 Å². The third kappa shape index (κ3) is 2.31. The van der Waals surface area contributed by atoms with Crippen molar-refractivity contribution in [1.82, 2.24) is 9.88 Å². The van der Waals surface area contributed by atoms with Crippen LogP contribution in [0.25, 0.3) is 10.9 Å². The fraction of sp³-hybridized carbons (Fsp3) is 0.333. The van der Waals surface area contributed by atoms with Gasteiger partial charge in [0.15, 0.2) is 0 Å². The summed E-state index contributed by atoms with van der Waals surface area (Å²) in [6, 6.07) is 15.4. The van der Waals surface area contributed by atoms with Crippen molar-refractivity contribution in [2.75, 3.05) is 0 Å². The average Bonchev–Trinajstić information content (AvgIpc) is 3.13. The zero-order valence-corrected chi connectivity index (χ0v) is 15.4. The highest BCUT2D eigenvalue weighted by Crippen LogP contribution is 2.42. The van der Waals surface area contributed by atoms with Crippen LogP contribution in [0.3, 0.4) is 0 Å². The van der Waals surface area contributed by atoms with E-state index < -0.39 is 10.8 Å². The molecular weight excluding hydrogens is 328 g/mol. The first-order valence-electron chi connectivity index (χ1n) is 8.97. The molecule has 2 aliphatic rings. The molecule has 25 heavy (non-hydrogen) atoms. The predicted octanol–water partition coefficient (Wildman–Crippen LogP) is 4.00. The van der Waals surface area contributed by atoms with E-state index in [1.165, 1.54) is 35.0 Å². The molecule has 5 rings (SSSR count). The molecule has 1 N–H and O–H groups in total. The number of aryl methyl sites for hydroxylation is 2. The molecule has 3 unspecified atom stereocenters. The van der Waals surface area contributed by atoms with Crippen molar-refractivity contribution in [3.05, 3.63) is 59.3 Å². The van der Waals surface area contributed by atoms with Crippen molar-refractivity contribution in [2.24, 2.45) is 7.05 Å². The molecule has 3 heterocycles. The van der Waals surface area contributed by atoms with Gasteiger partial charge in [-0.25, -0.2) is 4.21 Å². The Kier molecular flexibility index (Phi) is 3.41. The third-order valence-corrected chi connectivity index (χ3v) is 7.15. The van der Waals surface area contributed by atoms with Crippen LogP contribution in [0.2, 0.25) is 0 Å². The van der Waals surface area contributed by atoms with E-state index in [1.807, 2.05) is 37.3 Å². The second kappa shape index (κ2) is 5.55. The summed E-state index contributed by atoms with van der Waals surface area (Å²) < 4.78 is 15.4. The molecule has 128 valence electrons. The van der Waals surface area contributed by atoms with Gasteiger partial charge in [0, 0.05) is 51.9 Å². The number of hydrogen-bond donors (Lipinski definition) is 1. The highest BCUT2D eigenvalue weighted by Gasteiger charge is 2.35. The van der Waals surface area contributed by atoms with E-state index in [2.05, 4.69) is 29.1 Å². The lowest BCUT2D eigenvalue weighted by atomic mass is 9.99. The first-order valence-corrected chi connectivity index (χ1v) is 10.1. The smallest absolute Gasteiger partial charge is 0.0849 e. The Labute approximate surface area is 150 Å². The maximum Gasteiger partial charge on any atom is 0.0849 e. The van der Waals surface area contributed by atoms with Crippen molar-refractivity contribution in [3.63, 3.8) is 0 Å². The predicted molar refractivity (Wildman–Crippen MR) is 101 cm³/mol. The van der Waals surface area contributed by atoms with E-state index >= 15 is 0 Å². The Hall–Kier alpha value is -1.91. The monoisotopic (exact) mass is 350 g/mol. The Bertz CT molecular complexity index is 1020. The van der Waals surface area contributed by atoms with Crippen LogP contribution in [0.15, 0.2) is 52.3 Å². The fourth-order valence-corrected chi connectivity index (χ4v) is 5.75. The lowest BCUT2D eigenvalue weighted by Crippen LogP contribution is -2.32. The van der Waals surface area contributed by atoms with Crippen LogP contribution in [0.1, 0.15) is 35.7 Å². The van der Waals surface area contributed by atoms with Gasteiger partial charge in [-0.2, -0.15) is 0 Å². The van der Waals surface area contributed by atoms with Crippen LogP contribution in [0, 0.1) is 6.92 Å². The van der Waals surface area contributed by atoms with Gasteiger partial charge in [-0.1, -0.05) is 12.1 Å². The van der Waals surface area contributed by atoms with E-state index in [9.17, 15) is 4.21 Å². The molecule has 0 amide bonds. The maximum atomic E-state index is 13.1. The molecule has 0 aliphatic carbocycles. The van der Waals surface area contributed by atoms with E-state index in [0.29, 0.717) is 12.1 Å². The largest absolute Gasteiger partial charge is 0.347 e. The Morgan fingerprint density at radius 3 is 2.80 bits per heavy atom. The first-order chi connectivity index (χ1) is 12.1.